The van der Waals surface area contributed by atoms with Crippen molar-refractivity contribution in [2.75, 3.05) is 0 Å². The fourth-order valence-corrected chi connectivity index (χ4v) is 8.20. The molecule has 0 unspecified atom stereocenters. The summed E-state index contributed by atoms with van der Waals surface area (Å²) in [6, 6.07) is 34.1. The monoisotopic (exact) mass is 606 g/mol. The molecule has 4 heteroatoms. The smallest absolute Gasteiger partial charge is 0.0862 e. The van der Waals surface area contributed by atoms with E-state index in [4.69, 9.17) is 0 Å². The fraction of sp³-hybridized carbons (Fsp3) is 0. The van der Waals surface area contributed by atoms with Crippen LogP contribution in [0.4, 0.5) is 0 Å². The van der Waals surface area contributed by atoms with Crippen LogP contribution in [0.1, 0.15) is 0 Å². The van der Waals surface area contributed by atoms with E-state index in [1.165, 1.54) is 53.9 Å². The summed E-state index contributed by atoms with van der Waals surface area (Å²) < 4.78 is 16.5. The summed E-state index contributed by atoms with van der Waals surface area (Å²) in [6.45, 7) is 0. The van der Waals surface area contributed by atoms with Crippen LogP contribution in [0.3, 0.4) is 0 Å². The van der Waals surface area contributed by atoms with Gasteiger partial charge in [0.25, 0.3) is 0 Å². The molecule has 0 aliphatic carbocycles. The molecule has 0 aliphatic heterocycles. The minimum atomic E-state index is -1.35. The van der Waals surface area contributed by atoms with Crippen molar-refractivity contribution in [1.82, 2.24) is 0 Å². The van der Waals surface area contributed by atoms with E-state index in [0.717, 1.165) is 29.5 Å². The van der Waals surface area contributed by atoms with E-state index in [1.54, 1.807) is 0 Å². The number of rotatable bonds is 2. The normalized spacial score (nSPS) is 12.5. The second-order valence-corrected chi connectivity index (χ2v) is 12.5. The van der Waals surface area contributed by atoms with Gasteiger partial charge in [0.15, 0.2) is 0 Å². The standard InChI is InChI=1S/C32H16Br2OS/c33-25-13-5-17-3-11-23-27(15-7-19-1-9-21(25)29(17)31(19)23)36(35)28-16-8-20-2-10-22-26(34)14-6-18-4-12-24(28)32(20)30(18)22/h1-16H. The van der Waals surface area contributed by atoms with Crippen LogP contribution in [0.2, 0.25) is 0 Å². The maximum atomic E-state index is 14.4. The molecular weight excluding hydrogens is 592 g/mol. The van der Waals surface area contributed by atoms with Gasteiger partial charge in [0.1, 0.15) is 0 Å². The quantitative estimate of drug-likeness (QED) is 0.179. The summed E-state index contributed by atoms with van der Waals surface area (Å²) in [5, 5.41) is 14.0. The first-order chi connectivity index (χ1) is 17.6. The molecule has 0 atom stereocenters. The SMILES string of the molecule is O=S(c1ccc2ccc3c(Br)ccc4ccc1c2c43)c1ccc2ccc3c(Br)ccc4ccc1c2c43. The van der Waals surface area contributed by atoms with E-state index in [-0.39, 0.29) is 0 Å². The van der Waals surface area contributed by atoms with E-state index in [1.807, 2.05) is 12.1 Å². The van der Waals surface area contributed by atoms with Gasteiger partial charge in [0.2, 0.25) is 0 Å². The summed E-state index contributed by atoms with van der Waals surface area (Å²) in [4.78, 5) is 1.71. The van der Waals surface area contributed by atoms with Crippen LogP contribution in [-0.2, 0) is 10.8 Å². The fourth-order valence-electron chi connectivity index (χ4n) is 5.92. The molecule has 0 heterocycles. The zero-order valence-corrected chi connectivity index (χ0v) is 22.8. The Balaban J connectivity index is 1.45. The van der Waals surface area contributed by atoms with Gasteiger partial charge in [-0.1, -0.05) is 105 Å². The molecule has 170 valence electrons. The van der Waals surface area contributed by atoms with Crippen molar-refractivity contribution in [2.24, 2.45) is 0 Å². The van der Waals surface area contributed by atoms with Crippen molar-refractivity contribution in [2.45, 2.75) is 9.79 Å². The molecule has 0 aromatic heterocycles. The molecule has 36 heavy (non-hydrogen) atoms. The lowest BCUT2D eigenvalue weighted by atomic mass is 9.94. The van der Waals surface area contributed by atoms with Gasteiger partial charge in [-0.2, -0.15) is 0 Å². The number of hydrogen-bond donors (Lipinski definition) is 0. The van der Waals surface area contributed by atoms with Crippen LogP contribution < -0.4 is 0 Å². The number of benzene rings is 8. The molecule has 1 nitrogen and oxygen atoms in total. The summed E-state index contributed by atoms with van der Waals surface area (Å²) in [5.74, 6) is 0. The average molecular weight is 608 g/mol. The Labute approximate surface area is 226 Å². The second-order valence-electron chi connectivity index (χ2n) is 9.34. The van der Waals surface area contributed by atoms with Gasteiger partial charge in [0, 0.05) is 8.95 Å². The highest BCUT2D eigenvalue weighted by atomic mass is 79.9. The third kappa shape index (κ3) is 2.72. The first-order valence-corrected chi connectivity index (χ1v) is 14.5. The lowest BCUT2D eigenvalue weighted by molar-refractivity contribution is 0.684. The lowest BCUT2D eigenvalue weighted by Crippen LogP contribution is -1.98. The molecule has 0 amide bonds. The Kier molecular flexibility index (Phi) is 4.38. The maximum absolute atomic E-state index is 14.4. The maximum Gasteiger partial charge on any atom is 0.0862 e. The van der Waals surface area contributed by atoms with E-state index in [2.05, 4.69) is 117 Å². The van der Waals surface area contributed by atoms with Crippen molar-refractivity contribution < 1.29 is 4.21 Å². The molecule has 8 aromatic carbocycles. The summed E-state index contributed by atoms with van der Waals surface area (Å²) in [6.07, 6.45) is 0. The zero-order chi connectivity index (χ0) is 24.1. The van der Waals surface area contributed by atoms with Crippen LogP contribution in [0.5, 0.6) is 0 Å². The Bertz CT molecular complexity index is 2040. The molecular formula is C32H16Br2OS. The molecule has 0 bridgehead atoms. The highest BCUT2D eigenvalue weighted by Gasteiger charge is 2.20. The van der Waals surface area contributed by atoms with Crippen LogP contribution in [0, 0.1) is 0 Å². The Morgan fingerprint density at radius 3 is 1.11 bits per heavy atom. The first-order valence-electron chi connectivity index (χ1n) is 11.7. The van der Waals surface area contributed by atoms with Crippen LogP contribution in [-0.4, -0.2) is 4.21 Å². The molecule has 0 saturated heterocycles. The minimum Gasteiger partial charge on any atom is -0.249 e. The van der Waals surface area contributed by atoms with E-state index >= 15 is 0 Å². The summed E-state index contributed by atoms with van der Waals surface area (Å²) in [7, 11) is -1.35. The molecule has 8 rings (SSSR count). The summed E-state index contributed by atoms with van der Waals surface area (Å²) in [5.41, 5.74) is 0. The Morgan fingerprint density at radius 1 is 0.389 bits per heavy atom. The van der Waals surface area contributed by atoms with Crippen LogP contribution in [0.15, 0.2) is 116 Å². The predicted octanol–water partition coefficient (Wildman–Crippen LogP) is 10.2. The molecule has 0 aliphatic rings. The van der Waals surface area contributed by atoms with Crippen molar-refractivity contribution in [3.63, 3.8) is 0 Å². The molecule has 0 radical (unpaired) electrons. The van der Waals surface area contributed by atoms with Gasteiger partial charge in [-0.25, -0.2) is 4.21 Å². The second kappa shape index (κ2) is 7.48. The Hall–Kier alpha value is -3.05. The van der Waals surface area contributed by atoms with Gasteiger partial charge in [-0.05, 0) is 88.9 Å². The molecule has 0 saturated carbocycles. The van der Waals surface area contributed by atoms with E-state index < -0.39 is 10.8 Å². The van der Waals surface area contributed by atoms with Gasteiger partial charge in [-0.3, -0.25) is 0 Å². The molecule has 8 aromatic rings. The van der Waals surface area contributed by atoms with Crippen molar-refractivity contribution in [1.29, 1.82) is 0 Å². The van der Waals surface area contributed by atoms with Gasteiger partial charge >= 0.3 is 0 Å². The third-order valence-corrected chi connectivity index (χ3v) is 10.4. The van der Waals surface area contributed by atoms with Crippen LogP contribution in [0.25, 0.3) is 64.6 Å². The highest BCUT2D eigenvalue weighted by Crippen LogP contribution is 2.43. The molecule has 0 fully saturated rings. The summed E-state index contributed by atoms with van der Waals surface area (Å²) >= 11 is 7.45. The van der Waals surface area contributed by atoms with Gasteiger partial charge in [0.05, 0.1) is 20.6 Å². The van der Waals surface area contributed by atoms with Crippen molar-refractivity contribution >= 4 is 107 Å². The highest BCUT2D eigenvalue weighted by molar-refractivity contribution is 9.11. The first kappa shape index (κ1) is 21.1. The molecule has 0 N–H and O–H groups in total. The molecule has 0 spiro atoms. The van der Waals surface area contributed by atoms with E-state index in [0.29, 0.717) is 0 Å². The van der Waals surface area contributed by atoms with Gasteiger partial charge in [-0.15, -0.1) is 0 Å². The number of halogens is 2. The van der Waals surface area contributed by atoms with E-state index in [9.17, 15) is 4.21 Å². The van der Waals surface area contributed by atoms with Crippen molar-refractivity contribution in [3.8, 4) is 0 Å². The average Bonchev–Trinajstić information content (AvgIpc) is 2.92. The van der Waals surface area contributed by atoms with Crippen LogP contribution >= 0.6 is 31.9 Å². The lowest BCUT2D eigenvalue weighted by Gasteiger charge is -2.17. The predicted molar refractivity (Wildman–Crippen MR) is 160 cm³/mol. The largest absolute Gasteiger partial charge is 0.249 e. The number of hydrogen-bond acceptors (Lipinski definition) is 1. The minimum absolute atomic E-state index is 0.855. The Morgan fingerprint density at radius 2 is 0.694 bits per heavy atom. The topological polar surface area (TPSA) is 17.1 Å². The zero-order valence-electron chi connectivity index (χ0n) is 18.8. The van der Waals surface area contributed by atoms with Crippen molar-refractivity contribution in [3.05, 3.63) is 106 Å². The van der Waals surface area contributed by atoms with Gasteiger partial charge < -0.3 is 0 Å². The third-order valence-electron chi connectivity index (χ3n) is 7.54.